The van der Waals surface area contributed by atoms with Crippen LogP contribution in [0.15, 0.2) is 54.6 Å². The summed E-state index contributed by atoms with van der Waals surface area (Å²) in [6.45, 7) is 8.03. The summed E-state index contributed by atoms with van der Waals surface area (Å²) >= 11 is 1.40. The SMILES string of the molecule is CCOC(=O)c1c(NC(=O)c2cc(-c3cccc(C)c3)nc3ccccc23)sc(C)c1CC. The predicted molar refractivity (Wildman–Crippen MR) is 134 cm³/mol. The van der Waals surface area contributed by atoms with Crippen LogP contribution in [0.2, 0.25) is 0 Å². The van der Waals surface area contributed by atoms with Crippen molar-refractivity contribution >= 4 is 39.1 Å². The minimum absolute atomic E-state index is 0.277. The Morgan fingerprint density at radius 3 is 2.55 bits per heavy atom. The number of amides is 1. The molecule has 2 aromatic heterocycles. The lowest BCUT2D eigenvalue weighted by molar-refractivity contribution is 0.0527. The molecule has 33 heavy (non-hydrogen) atoms. The third-order valence-electron chi connectivity index (χ3n) is 5.54. The number of carbonyl (C=O) groups excluding carboxylic acids is 2. The number of ether oxygens (including phenoxy) is 1. The van der Waals surface area contributed by atoms with E-state index < -0.39 is 5.97 Å². The Bertz CT molecular complexity index is 1360. The van der Waals surface area contributed by atoms with E-state index in [1.807, 2.05) is 75.4 Å². The van der Waals surface area contributed by atoms with Gasteiger partial charge in [-0.15, -0.1) is 11.3 Å². The summed E-state index contributed by atoms with van der Waals surface area (Å²) in [5.41, 5.74) is 5.40. The maximum Gasteiger partial charge on any atom is 0.341 e. The molecule has 4 rings (SSSR count). The Labute approximate surface area is 197 Å². The van der Waals surface area contributed by atoms with Crippen LogP contribution in [0, 0.1) is 13.8 Å². The number of esters is 1. The van der Waals surface area contributed by atoms with Gasteiger partial charge in [0, 0.05) is 15.8 Å². The molecule has 2 aromatic carbocycles. The summed E-state index contributed by atoms with van der Waals surface area (Å²) in [4.78, 5) is 32.0. The second kappa shape index (κ2) is 9.55. The second-order valence-corrected chi connectivity index (χ2v) is 9.04. The number of nitrogens with one attached hydrogen (secondary N) is 1. The quantitative estimate of drug-likeness (QED) is 0.332. The first-order valence-corrected chi connectivity index (χ1v) is 11.8. The largest absolute Gasteiger partial charge is 0.462 e. The second-order valence-electron chi connectivity index (χ2n) is 7.81. The maximum absolute atomic E-state index is 13.5. The number of fused-ring (bicyclic) bond motifs is 1. The van der Waals surface area contributed by atoms with Gasteiger partial charge in [-0.1, -0.05) is 48.9 Å². The van der Waals surface area contributed by atoms with Crippen molar-refractivity contribution in [3.05, 3.63) is 81.7 Å². The van der Waals surface area contributed by atoms with E-state index in [4.69, 9.17) is 9.72 Å². The molecule has 0 aliphatic carbocycles. The zero-order valence-electron chi connectivity index (χ0n) is 19.2. The van der Waals surface area contributed by atoms with E-state index in [0.29, 0.717) is 22.5 Å². The zero-order chi connectivity index (χ0) is 23.5. The average molecular weight is 459 g/mol. The molecule has 0 saturated heterocycles. The molecule has 0 radical (unpaired) electrons. The number of aryl methyl sites for hydroxylation is 2. The molecule has 0 aliphatic heterocycles. The van der Waals surface area contributed by atoms with E-state index >= 15 is 0 Å². The molecule has 1 amide bonds. The van der Waals surface area contributed by atoms with Crippen molar-refractivity contribution in [1.82, 2.24) is 4.98 Å². The van der Waals surface area contributed by atoms with Gasteiger partial charge in [0.25, 0.3) is 5.91 Å². The number of anilines is 1. The highest BCUT2D eigenvalue weighted by Crippen LogP contribution is 2.35. The fraction of sp³-hybridized carbons (Fsp3) is 0.222. The van der Waals surface area contributed by atoms with Gasteiger partial charge in [0.2, 0.25) is 0 Å². The molecule has 0 saturated carbocycles. The number of rotatable bonds is 6. The standard InChI is InChI=1S/C27H26N2O3S/c1-5-19-17(4)33-26(24(19)27(31)32-6-2)29-25(30)21-15-23(18-11-9-10-16(3)14-18)28-22-13-8-7-12-20(21)22/h7-15H,5-6H2,1-4H3,(H,29,30). The van der Waals surface area contributed by atoms with Crippen LogP contribution in [-0.4, -0.2) is 23.5 Å². The summed E-state index contributed by atoms with van der Waals surface area (Å²) in [6.07, 6.45) is 0.683. The van der Waals surface area contributed by atoms with E-state index in [-0.39, 0.29) is 12.5 Å². The van der Waals surface area contributed by atoms with Crippen LogP contribution in [0.4, 0.5) is 5.00 Å². The van der Waals surface area contributed by atoms with Crippen LogP contribution < -0.4 is 5.32 Å². The lowest BCUT2D eigenvalue weighted by Crippen LogP contribution is -2.16. The van der Waals surface area contributed by atoms with E-state index in [9.17, 15) is 9.59 Å². The number of nitrogens with zero attached hydrogens (tertiary/aromatic N) is 1. The van der Waals surface area contributed by atoms with Gasteiger partial charge in [-0.25, -0.2) is 9.78 Å². The van der Waals surface area contributed by atoms with Crippen LogP contribution in [0.25, 0.3) is 22.2 Å². The van der Waals surface area contributed by atoms with E-state index in [0.717, 1.165) is 38.2 Å². The molecule has 4 aromatic rings. The van der Waals surface area contributed by atoms with Crippen LogP contribution in [0.5, 0.6) is 0 Å². The molecule has 1 N–H and O–H groups in total. The highest BCUT2D eigenvalue weighted by molar-refractivity contribution is 7.16. The van der Waals surface area contributed by atoms with Crippen molar-refractivity contribution < 1.29 is 14.3 Å². The summed E-state index contributed by atoms with van der Waals surface area (Å²) in [6, 6.07) is 17.5. The number of hydrogen-bond donors (Lipinski definition) is 1. The van der Waals surface area contributed by atoms with Crippen LogP contribution in [0.1, 0.15) is 50.6 Å². The summed E-state index contributed by atoms with van der Waals surface area (Å²) in [5.74, 6) is -0.689. The van der Waals surface area contributed by atoms with Crippen molar-refractivity contribution in [3.8, 4) is 11.3 Å². The van der Waals surface area contributed by atoms with E-state index in [1.165, 1.54) is 11.3 Å². The molecule has 0 bridgehead atoms. The lowest BCUT2D eigenvalue weighted by Gasteiger charge is -2.12. The Hall–Kier alpha value is -3.51. The van der Waals surface area contributed by atoms with Gasteiger partial charge in [0.1, 0.15) is 5.00 Å². The van der Waals surface area contributed by atoms with Crippen molar-refractivity contribution in [2.24, 2.45) is 0 Å². The Morgan fingerprint density at radius 1 is 1.03 bits per heavy atom. The molecule has 0 spiro atoms. The molecule has 0 aliphatic rings. The van der Waals surface area contributed by atoms with Crippen molar-refractivity contribution in [2.45, 2.75) is 34.1 Å². The van der Waals surface area contributed by atoms with Crippen molar-refractivity contribution in [1.29, 1.82) is 0 Å². The summed E-state index contributed by atoms with van der Waals surface area (Å²) < 4.78 is 5.28. The number of para-hydroxylation sites is 1. The number of pyridine rings is 1. The topological polar surface area (TPSA) is 68.3 Å². The van der Waals surface area contributed by atoms with Gasteiger partial charge in [0.05, 0.1) is 28.9 Å². The number of carbonyl (C=O) groups is 2. The first-order chi connectivity index (χ1) is 15.9. The van der Waals surface area contributed by atoms with Crippen LogP contribution in [-0.2, 0) is 11.2 Å². The van der Waals surface area contributed by atoms with Gasteiger partial charge in [-0.2, -0.15) is 0 Å². The summed E-state index contributed by atoms with van der Waals surface area (Å²) in [7, 11) is 0. The third kappa shape index (κ3) is 4.52. The molecular weight excluding hydrogens is 432 g/mol. The highest BCUT2D eigenvalue weighted by Gasteiger charge is 2.24. The van der Waals surface area contributed by atoms with Gasteiger partial charge in [0.15, 0.2) is 0 Å². The fourth-order valence-corrected chi connectivity index (χ4v) is 5.13. The van der Waals surface area contributed by atoms with Gasteiger partial charge < -0.3 is 10.1 Å². The van der Waals surface area contributed by atoms with Crippen molar-refractivity contribution in [3.63, 3.8) is 0 Å². The molecule has 0 unspecified atom stereocenters. The Morgan fingerprint density at radius 2 is 1.82 bits per heavy atom. The Kier molecular flexibility index (Phi) is 6.56. The first-order valence-electron chi connectivity index (χ1n) is 11.0. The van der Waals surface area contributed by atoms with E-state index in [1.54, 1.807) is 6.92 Å². The molecular formula is C27H26N2O3S. The third-order valence-corrected chi connectivity index (χ3v) is 6.61. The number of thiophene rings is 1. The molecule has 168 valence electrons. The normalized spacial score (nSPS) is 10.9. The smallest absolute Gasteiger partial charge is 0.341 e. The first kappa shape index (κ1) is 22.7. The highest BCUT2D eigenvalue weighted by atomic mass is 32.1. The van der Waals surface area contributed by atoms with Crippen LogP contribution in [0.3, 0.4) is 0 Å². The van der Waals surface area contributed by atoms with Crippen LogP contribution >= 0.6 is 11.3 Å². The van der Waals surface area contributed by atoms with E-state index in [2.05, 4.69) is 5.32 Å². The minimum Gasteiger partial charge on any atom is -0.462 e. The maximum atomic E-state index is 13.5. The Balaban J connectivity index is 1.80. The monoisotopic (exact) mass is 458 g/mol. The predicted octanol–water partition coefficient (Wildman–Crippen LogP) is 6.57. The number of benzene rings is 2. The van der Waals surface area contributed by atoms with Crippen molar-refractivity contribution in [2.75, 3.05) is 11.9 Å². The molecule has 5 nitrogen and oxygen atoms in total. The lowest BCUT2D eigenvalue weighted by atomic mass is 10.0. The molecule has 6 heteroatoms. The number of hydrogen-bond acceptors (Lipinski definition) is 5. The molecule has 0 atom stereocenters. The summed E-state index contributed by atoms with van der Waals surface area (Å²) in [5, 5.41) is 4.27. The van der Waals surface area contributed by atoms with Gasteiger partial charge in [-0.3, -0.25) is 4.79 Å². The number of aromatic nitrogens is 1. The van der Waals surface area contributed by atoms with Gasteiger partial charge in [-0.05, 0) is 51.0 Å². The minimum atomic E-state index is -0.408. The van der Waals surface area contributed by atoms with Gasteiger partial charge >= 0.3 is 5.97 Å². The molecule has 0 fully saturated rings. The fourth-order valence-electron chi connectivity index (χ4n) is 4.00. The zero-order valence-corrected chi connectivity index (χ0v) is 20.0. The average Bonchev–Trinajstić information content (AvgIpc) is 3.13. The molecule has 2 heterocycles.